The monoisotopic (exact) mass is 413 g/mol. The van der Waals surface area contributed by atoms with Crippen LogP contribution in [0.2, 0.25) is 0 Å². The lowest BCUT2D eigenvalue weighted by molar-refractivity contribution is -0.0500. The second-order valence-corrected chi connectivity index (χ2v) is 7.54. The fraction of sp³-hybridized carbons (Fsp3) is 0.222. The number of amides is 2. The minimum absolute atomic E-state index is 0.0344. The van der Waals surface area contributed by atoms with Crippen molar-refractivity contribution in [2.45, 2.75) is 18.3 Å². The summed E-state index contributed by atoms with van der Waals surface area (Å²) in [6.07, 6.45) is 0.328. The molecule has 0 radical (unpaired) electrons. The number of benzene rings is 2. The highest BCUT2D eigenvalue weighted by molar-refractivity contribution is 7.88. The number of nitrogens with zero attached hydrogens (tertiary/aromatic N) is 1. The number of halogens is 3. The van der Waals surface area contributed by atoms with Gasteiger partial charge in [0.15, 0.2) is 0 Å². The number of fused-ring (bicyclic) bond motifs is 1. The molecule has 148 valence electrons. The molecule has 10 heteroatoms. The lowest BCUT2D eigenvalue weighted by atomic mass is 10.1. The van der Waals surface area contributed by atoms with Gasteiger partial charge in [-0.2, -0.15) is 21.6 Å². The second-order valence-electron chi connectivity index (χ2n) is 6.00. The summed E-state index contributed by atoms with van der Waals surface area (Å²) < 4.78 is 64.2. The van der Waals surface area contributed by atoms with Crippen LogP contribution >= 0.6 is 0 Å². The lowest BCUT2D eigenvalue weighted by Gasteiger charge is -2.15. The zero-order valence-corrected chi connectivity index (χ0v) is 15.1. The van der Waals surface area contributed by atoms with Crippen LogP contribution in [0.3, 0.4) is 0 Å². The first-order valence-electron chi connectivity index (χ1n) is 8.16. The Morgan fingerprint density at radius 3 is 2.00 bits per heavy atom. The maximum atomic E-state index is 12.5. The molecule has 6 nitrogen and oxygen atoms in total. The van der Waals surface area contributed by atoms with Crippen LogP contribution in [-0.4, -0.2) is 37.2 Å². The summed E-state index contributed by atoms with van der Waals surface area (Å²) in [6, 6.07) is 11.8. The molecule has 1 heterocycles. The van der Waals surface area contributed by atoms with Crippen molar-refractivity contribution >= 4 is 21.9 Å². The number of hydrogen-bond acceptors (Lipinski definition) is 5. The standard InChI is InChI=1S/C18H14F3NO5S/c19-18(20,21)28(25,26)27-15-10-4-1-6-12(15)7-5-11-22-16(23)13-8-2-3-9-14(13)17(22)24/h1-4,6,8-10H,5,7,11H2. The summed E-state index contributed by atoms with van der Waals surface area (Å²) in [5.74, 6) is -1.32. The molecule has 1 aliphatic heterocycles. The van der Waals surface area contributed by atoms with E-state index in [-0.39, 0.29) is 24.9 Å². The van der Waals surface area contributed by atoms with E-state index in [1.807, 2.05) is 0 Å². The number of para-hydroxylation sites is 1. The van der Waals surface area contributed by atoms with Crippen molar-refractivity contribution in [1.29, 1.82) is 0 Å². The first-order valence-corrected chi connectivity index (χ1v) is 9.56. The molecule has 0 saturated carbocycles. The Balaban J connectivity index is 1.69. The molecule has 28 heavy (non-hydrogen) atoms. The maximum Gasteiger partial charge on any atom is 0.534 e. The highest BCUT2D eigenvalue weighted by atomic mass is 32.2. The third kappa shape index (κ3) is 3.72. The van der Waals surface area contributed by atoms with Gasteiger partial charge in [0, 0.05) is 6.54 Å². The molecule has 0 bridgehead atoms. The Labute approximate surface area is 158 Å². The Hall–Kier alpha value is -2.88. The summed E-state index contributed by atoms with van der Waals surface area (Å²) in [7, 11) is -5.79. The summed E-state index contributed by atoms with van der Waals surface area (Å²) in [6.45, 7) is 0.0344. The molecule has 1 aliphatic rings. The first-order chi connectivity index (χ1) is 13.1. The minimum atomic E-state index is -5.79. The summed E-state index contributed by atoms with van der Waals surface area (Å²) in [5, 5.41) is 0. The molecule has 0 N–H and O–H groups in total. The Kier molecular flexibility index (Phi) is 5.16. The molecule has 2 aromatic carbocycles. The van der Waals surface area contributed by atoms with Crippen molar-refractivity contribution in [1.82, 2.24) is 4.90 Å². The van der Waals surface area contributed by atoms with E-state index in [1.165, 1.54) is 18.2 Å². The SMILES string of the molecule is O=C1c2ccccc2C(=O)N1CCCc1ccccc1OS(=O)(=O)C(F)(F)F. The van der Waals surface area contributed by atoms with Gasteiger partial charge in [0.2, 0.25) is 0 Å². The van der Waals surface area contributed by atoms with Crippen molar-refractivity contribution in [3.63, 3.8) is 0 Å². The third-order valence-electron chi connectivity index (χ3n) is 4.16. The van der Waals surface area contributed by atoms with Gasteiger partial charge in [-0.1, -0.05) is 30.3 Å². The number of hydrogen-bond donors (Lipinski definition) is 0. The molecule has 0 saturated heterocycles. The third-order valence-corrected chi connectivity index (χ3v) is 5.13. The van der Waals surface area contributed by atoms with Gasteiger partial charge in [-0.15, -0.1) is 0 Å². The van der Waals surface area contributed by atoms with Gasteiger partial charge < -0.3 is 4.18 Å². The number of alkyl halides is 3. The van der Waals surface area contributed by atoms with E-state index in [0.29, 0.717) is 11.1 Å². The number of aryl methyl sites for hydroxylation is 1. The summed E-state index contributed by atoms with van der Waals surface area (Å²) in [4.78, 5) is 25.6. The first kappa shape index (κ1) is 19.9. The Morgan fingerprint density at radius 1 is 0.893 bits per heavy atom. The number of carbonyl (C=O) groups is 2. The van der Waals surface area contributed by atoms with Crippen molar-refractivity contribution < 1.29 is 35.4 Å². The lowest BCUT2D eigenvalue weighted by Crippen LogP contribution is -2.31. The van der Waals surface area contributed by atoms with E-state index in [0.717, 1.165) is 11.0 Å². The van der Waals surface area contributed by atoms with Crippen LogP contribution in [0.15, 0.2) is 48.5 Å². The van der Waals surface area contributed by atoms with Gasteiger partial charge in [0.1, 0.15) is 5.75 Å². The maximum absolute atomic E-state index is 12.5. The van der Waals surface area contributed by atoms with Crippen LogP contribution in [-0.2, 0) is 16.5 Å². The predicted octanol–water partition coefficient (Wildman–Crippen LogP) is 3.14. The van der Waals surface area contributed by atoms with Gasteiger partial charge in [0.25, 0.3) is 11.8 Å². The van der Waals surface area contributed by atoms with E-state index in [9.17, 15) is 31.2 Å². The molecule has 0 spiro atoms. The van der Waals surface area contributed by atoms with Crippen molar-refractivity contribution in [3.8, 4) is 5.75 Å². The molecule has 0 atom stereocenters. The average Bonchev–Trinajstić information content (AvgIpc) is 2.87. The fourth-order valence-electron chi connectivity index (χ4n) is 2.83. The van der Waals surface area contributed by atoms with Gasteiger partial charge >= 0.3 is 15.6 Å². The predicted molar refractivity (Wildman–Crippen MR) is 92.2 cm³/mol. The summed E-state index contributed by atoms with van der Waals surface area (Å²) in [5.41, 5.74) is -4.73. The zero-order chi connectivity index (χ0) is 20.5. The Bertz CT molecular complexity index is 999. The van der Waals surface area contributed by atoms with E-state index in [2.05, 4.69) is 4.18 Å². The van der Waals surface area contributed by atoms with Crippen LogP contribution in [0, 0.1) is 0 Å². The van der Waals surface area contributed by atoms with Crippen LogP contribution < -0.4 is 4.18 Å². The van der Waals surface area contributed by atoms with Crippen LogP contribution in [0.25, 0.3) is 0 Å². The number of imide groups is 1. The molecule has 2 aromatic rings. The minimum Gasteiger partial charge on any atom is -0.376 e. The fourth-order valence-corrected chi connectivity index (χ4v) is 3.32. The number of rotatable bonds is 6. The molecule has 0 fully saturated rings. The normalized spacial score (nSPS) is 14.3. The highest BCUT2D eigenvalue weighted by Gasteiger charge is 2.48. The molecule has 0 aromatic heterocycles. The molecule has 0 unspecified atom stereocenters. The molecule has 0 aliphatic carbocycles. The van der Waals surface area contributed by atoms with Crippen molar-refractivity contribution in [2.24, 2.45) is 0 Å². The topological polar surface area (TPSA) is 80.8 Å². The molecular weight excluding hydrogens is 399 g/mol. The van der Waals surface area contributed by atoms with Crippen LogP contribution in [0.5, 0.6) is 5.75 Å². The largest absolute Gasteiger partial charge is 0.534 e. The summed E-state index contributed by atoms with van der Waals surface area (Å²) >= 11 is 0. The smallest absolute Gasteiger partial charge is 0.376 e. The van der Waals surface area contributed by atoms with Gasteiger partial charge in [-0.05, 0) is 36.6 Å². The second kappa shape index (κ2) is 7.27. The van der Waals surface area contributed by atoms with E-state index < -0.39 is 33.2 Å². The quantitative estimate of drug-likeness (QED) is 0.413. The number of carbonyl (C=O) groups excluding carboxylic acids is 2. The average molecular weight is 413 g/mol. The van der Waals surface area contributed by atoms with Gasteiger partial charge in [-0.3, -0.25) is 14.5 Å². The van der Waals surface area contributed by atoms with E-state index >= 15 is 0 Å². The van der Waals surface area contributed by atoms with Gasteiger partial charge in [-0.25, -0.2) is 0 Å². The zero-order valence-electron chi connectivity index (χ0n) is 14.3. The van der Waals surface area contributed by atoms with E-state index in [1.54, 1.807) is 24.3 Å². The molecule has 2 amide bonds. The van der Waals surface area contributed by atoms with Crippen LogP contribution in [0.4, 0.5) is 13.2 Å². The van der Waals surface area contributed by atoms with Crippen LogP contribution in [0.1, 0.15) is 32.7 Å². The van der Waals surface area contributed by atoms with Crippen molar-refractivity contribution in [3.05, 3.63) is 65.2 Å². The van der Waals surface area contributed by atoms with E-state index in [4.69, 9.17) is 0 Å². The highest BCUT2D eigenvalue weighted by Crippen LogP contribution is 2.30. The van der Waals surface area contributed by atoms with Crippen molar-refractivity contribution in [2.75, 3.05) is 6.54 Å². The van der Waals surface area contributed by atoms with Gasteiger partial charge in [0.05, 0.1) is 11.1 Å². The molecular formula is C18H14F3NO5S. The molecule has 3 rings (SSSR count). The Morgan fingerprint density at radius 2 is 1.43 bits per heavy atom.